The summed E-state index contributed by atoms with van der Waals surface area (Å²) in [5.41, 5.74) is 1.04. The van der Waals surface area contributed by atoms with Crippen molar-refractivity contribution in [2.45, 2.75) is 24.4 Å². The van der Waals surface area contributed by atoms with Crippen LogP contribution in [0.2, 0.25) is 0 Å². The van der Waals surface area contributed by atoms with Crippen LogP contribution in [0.1, 0.15) is 18.4 Å². The largest absolute Gasteiger partial charge is 0.324 e. The molecule has 0 aliphatic carbocycles. The SMILES string of the molecule is O=C1[C@@H]2[C@@H]3CCCN3[C@@]3(C(=O)Nc4ccccc43)[C@H]2C(=O)N1c1ccc2ccccc2c1. The number of carbonyl (C=O) groups excluding carboxylic acids is 3. The summed E-state index contributed by atoms with van der Waals surface area (Å²) in [7, 11) is 0. The fourth-order valence-electron chi connectivity index (χ4n) is 6.73. The number of rotatable bonds is 1. The van der Waals surface area contributed by atoms with Crippen molar-refractivity contribution in [2.24, 2.45) is 11.8 Å². The predicted molar refractivity (Wildman–Crippen MR) is 120 cm³/mol. The Bertz CT molecular complexity index is 1350. The molecule has 1 spiro atoms. The molecule has 3 aromatic rings. The van der Waals surface area contributed by atoms with E-state index in [4.69, 9.17) is 0 Å². The van der Waals surface area contributed by atoms with Gasteiger partial charge in [-0.25, -0.2) is 4.90 Å². The van der Waals surface area contributed by atoms with Gasteiger partial charge in [0.05, 0.1) is 17.5 Å². The van der Waals surface area contributed by atoms with Crippen LogP contribution in [0, 0.1) is 11.8 Å². The molecule has 3 aromatic carbocycles. The van der Waals surface area contributed by atoms with Crippen molar-refractivity contribution in [3.63, 3.8) is 0 Å². The number of carbonyl (C=O) groups is 3. The Hall–Kier alpha value is -3.51. The van der Waals surface area contributed by atoms with E-state index in [9.17, 15) is 14.4 Å². The highest BCUT2D eigenvalue weighted by atomic mass is 16.2. The third-order valence-corrected chi connectivity index (χ3v) is 7.89. The molecule has 4 atom stereocenters. The Morgan fingerprint density at radius 2 is 1.66 bits per heavy atom. The molecule has 3 amide bonds. The molecule has 1 N–H and O–H groups in total. The number of fused-ring (bicyclic) bond motifs is 8. The summed E-state index contributed by atoms with van der Waals surface area (Å²) >= 11 is 0. The molecular weight excluding hydrogens is 402 g/mol. The van der Waals surface area contributed by atoms with Crippen LogP contribution in [0.5, 0.6) is 0 Å². The van der Waals surface area contributed by atoms with Crippen molar-refractivity contribution >= 4 is 39.9 Å². The summed E-state index contributed by atoms with van der Waals surface area (Å²) in [4.78, 5) is 44.8. The minimum absolute atomic E-state index is 0.0983. The van der Waals surface area contributed by atoms with Gasteiger partial charge in [-0.3, -0.25) is 19.3 Å². The lowest BCUT2D eigenvalue weighted by molar-refractivity contribution is -0.135. The first-order valence-corrected chi connectivity index (χ1v) is 11.2. The zero-order valence-corrected chi connectivity index (χ0v) is 17.3. The quantitative estimate of drug-likeness (QED) is 0.610. The van der Waals surface area contributed by atoms with E-state index in [-0.39, 0.29) is 23.8 Å². The van der Waals surface area contributed by atoms with Gasteiger partial charge in [0.25, 0.3) is 0 Å². The molecule has 0 saturated carbocycles. The van der Waals surface area contributed by atoms with Crippen molar-refractivity contribution in [3.8, 4) is 0 Å². The third-order valence-electron chi connectivity index (χ3n) is 7.89. The Balaban J connectivity index is 1.42. The zero-order valence-electron chi connectivity index (χ0n) is 17.3. The summed E-state index contributed by atoms with van der Waals surface area (Å²) in [6.07, 6.45) is 1.74. The number of para-hydroxylation sites is 1. The van der Waals surface area contributed by atoms with Crippen LogP contribution >= 0.6 is 0 Å². The Morgan fingerprint density at radius 1 is 0.875 bits per heavy atom. The molecule has 3 saturated heterocycles. The van der Waals surface area contributed by atoms with E-state index >= 15 is 0 Å². The molecule has 158 valence electrons. The van der Waals surface area contributed by atoms with E-state index in [0.717, 1.165) is 41.4 Å². The average Bonchev–Trinajstić information content (AvgIpc) is 3.51. The molecule has 0 bridgehead atoms. The highest BCUT2D eigenvalue weighted by molar-refractivity contribution is 6.26. The summed E-state index contributed by atoms with van der Waals surface area (Å²) < 4.78 is 0. The maximum absolute atomic E-state index is 14.0. The number of imide groups is 1. The second-order valence-corrected chi connectivity index (χ2v) is 9.22. The van der Waals surface area contributed by atoms with Crippen molar-refractivity contribution in [3.05, 3.63) is 72.3 Å². The van der Waals surface area contributed by atoms with E-state index in [0.29, 0.717) is 5.69 Å². The minimum atomic E-state index is -1.11. The van der Waals surface area contributed by atoms with Gasteiger partial charge in [0.1, 0.15) is 5.54 Å². The Kier molecular flexibility index (Phi) is 3.42. The number of anilines is 2. The van der Waals surface area contributed by atoms with E-state index in [1.54, 1.807) is 0 Å². The second-order valence-electron chi connectivity index (χ2n) is 9.22. The first-order chi connectivity index (χ1) is 15.6. The molecule has 32 heavy (non-hydrogen) atoms. The molecule has 4 aliphatic heterocycles. The zero-order chi connectivity index (χ0) is 21.6. The molecule has 0 radical (unpaired) electrons. The summed E-state index contributed by atoms with van der Waals surface area (Å²) in [6, 6.07) is 21.1. The highest BCUT2D eigenvalue weighted by Gasteiger charge is 2.74. The number of hydrogen-bond acceptors (Lipinski definition) is 4. The molecule has 4 aliphatic rings. The van der Waals surface area contributed by atoms with Gasteiger partial charge in [-0.1, -0.05) is 48.5 Å². The lowest BCUT2D eigenvalue weighted by Crippen LogP contribution is -2.54. The van der Waals surface area contributed by atoms with Gasteiger partial charge in [0.2, 0.25) is 17.7 Å². The second kappa shape index (κ2) is 6.04. The smallest absolute Gasteiger partial charge is 0.250 e. The maximum atomic E-state index is 14.0. The molecule has 6 heteroatoms. The van der Waals surface area contributed by atoms with Crippen LogP contribution in [0.4, 0.5) is 11.4 Å². The van der Waals surface area contributed by atoms with Crippen LogP contribution in [-0.4, -0.2) is 35.2 Å². The van der Waals surface area contributed by atoms with Gasteiger partial charge in [-0.2, -0.15) is 0 Å². The molecule has 0 unspecified atom stereocenters. The number of amides is 3. The number of nitrogens with zero attached hydrogens (tertiary/aromatic N) is 2. The van der Waals surface area contributed by atoms with Crippen molar-refractivity contribution in [2.75, 3.05) is 16.8 Å². The normalized spacial score (nSPS) is 30.8. The highest BCUT2D eigenvalue weighted by Crippen LogP contribution is 2.60. The van der Waals surface area contributed by atoms with Gasteiger partial charge >= 0.3 is 0 Å². The lowest BCUT2D eigenvalue weighted by Gasteiger charge is -2.36. The number of hydrogen-bond donors (Lipinski definition) is 1. The van der Waals surface area contributed by atoms with Crippen LogP contribution in [0.15, 0.2) is 66.7 Å². The van der Waals surface area contributed by atoms with Crippen LogP contribution in [0.3, 0.4) is 0 Å². The molecule has 3 fully saturated rings. The number of benzene rings is 3. The van der Waals surface area contributed by atoms with Gasteiger partial charge in [-0.05, 0) is 48.4 Å². The standard InChI is InChI=1S/C26H21N3O3/c30-23-21-20-10-5-13-28(20)26(18-8-3-4-9-19(18)27-25(26)32)22(21)24(31)29(23)17-12-11-15-6-1-2-7-16(15)14-17/h1-4,6-9,11-12,14,20-22H,5,10,13H2,(H,27,32)/t20-,21+,22+,26+/m0/s1. The van der Waals surface area contributed by atoms with Gasteiger partial charge in [0.15, 0.2) is 0 Å². The topological polar surface area (TPSA) is 69.7 Å². The predicted octanol–water partition coefficient (Wildman–Crippen LogP) is 3.27. The third kappa shape index (κ3) is 1.97. The first kappa shape index (κ1) is 18.1. The summed E-state index contributed by atoms with van der Waals surface area (Å²) in [5, 5.41) is 5.04. The first-order valence-electron chi connectivity index (χ1n) is 11.2. The molecule has 7 rings (SSSR count). The monoisotopic (exact) mass is 423 g/mol. The lowest BCUT2D eigenvalue weighted by atomic mass is 9.75. The van der Waals surface area contributed by atoms with Crippen LogP contribution in [0.25, 0.3) is 10.8 Å². The molecule has 0 aromatic heterocycles. The minimum Gasteiger partial charge on any atom is -0.324 e. The van der Waals surface area contributed by atoms with Crippen molar-refractivity contribution in [1.29, 1.82) is 0 Å². The van der Waals surface area contributed by atoms with Gasteiger partial charge < -0.3 is 5.32 Å². The summed E-state index contributed by atoms with van der Waals surface area (Å²) in [5.74, 6) is -1.85. The van der Waals surface area contributed by atoms with Crippen LogP contribution < -0.4 is 10.2 Å². The van der Waals surface area contributed by atoms with Crippen molar-refractivity contribution < 1.29 is 14.4 Å². The summed E-state index contributed by atoms with van der Waals surface area (Å²) in [6.45, 7) is 0.718. The van der Waals surface area contributed by atoms with E-state index in [1.807, 2.05) is 66.7 Å². The maximum Gasteiger partial charge on any atom is 0.250 e. The number of nitrogens with one attached hydrogen (secondary N) is 1. The van der Waals surface area contributed by atoms with E-state index in [1.165, 1.54) is 4.90 Å². The molecular formula is C26H21N3O3. The molecule has 6 nitrogen and oxygen atoms in total. The van der Waals surface area contributed by atoms with Crippen LogP contribution in [-0.2, 0) is 19.9 Å². The molecule has 4 heterocycles. The van der Waals surface area contributed by atoms with E-state index in [2.05, 4.69) is 10.2 Å². The van der Waals surface area contributed by atoms with Gasteiger partial charge in [0, 0.05) is 17.3 Å². The Morgan fingerprint density at radius 3 is 2.53 bits per heavy atom. The Labute approximate surface area is 184 Å². The fraction of sp³-hybridized carbons (Fsp3) is 0.269. The van der Waals surface area contributed by atoms with Crippen molar-refractivity contribution in [1.82, 2.24) is 4.90 Å². The fourth-order valence-corrected chi connectivity index (χ4v) is 6.73. The van der Waals surface area contributed by atoms with E-state index < -0.39 is 17.4 Å². The average molecular weight is 423 g/mol. The van der Waals surface area contributed by atoms with Gasteiger partial charge in [-0.15, -0.1) is 0 Å².